The summed E-state index contributed by atoms with van der Waals surface area (Å²) in [4.78, 5) is 9.08. The number of hydrogen-bond donors (Lipinski definition) is 1. The second-order valence-electron chi connectivity index (χ2n) is 9.49. The Morgan fingerprint density at radius 3 is 2.69 bits per heavy atom. The minimum absolute atomic E-state index is 0.110. The lowest BCUT2D eigenvalue weighted by atomic mass is 9.78. The van der Waals surface area contributed by atoms with Gasteiger partial charge in [0.2, 0.25) is 5.88 Å². The molecule has 0 amide bonds. The molecule has 168 valence electrons. The zero-order valence-electron chi connectivity index (χ0n) is 19.0. The van der Waals surface area contributed by atoms with E-state index in [1.807, 2.05) is 12.1 Å². The maximum absolute atomic E-state index is 6.25. The fourth-order valence-corrected chi connectivity index (χ4v) is 4.42. The fraction of sp³-hybridized carbons (Fsp3) is 0.500. The van der Waals surface area contributed by atoms with Crippen molar-refractivity contribution >= 4 is 32.9 Å². The highest BCUT2D eigenvalue weighted by Crippen LogP contribution is 2.37. The van der Waals surface area contributed by atoms with Gasteiger partial charge in [-0.1, -0.05) is 12.1 Å². The summed E-state index contributed by atoms with van der Waals surface area (Å²) in [5.74, 6) is 0.518. The van der Waals surface area contributed by atoms with Gasteiger partial charge in [-0.25, -0.2) is 9.44 Å². The van der Waals surface area contributed by atoms with Crippen molar-refractivity contribution in [1.82, 2.24) is 24.8 Å². The third kappa shape index (κ3) is 3.92. The van der Waals surface area contributed by atoms with E-state index in [2.05, 4.69) is 53.5 Å². The molecule has 2 atom stereocenters. The molecule has 2 saturated heterocycles. The molecule has 5 rings (SSSR count). The quantitative estimate of drug-likeness (QED) is 0.480. The van der Waals surface area contributed by atoms with Crippen LogP contribution in [0.2, 0.25) is 0 Å². The Morgan fingerprint density at radius 2 is 1.97 bits per heavy atom. The Labute approximate surface area is 190 Å². The van der Waals surface area contributed by atoms with Crippen LogP contribution in [0.5, 0.6) is 5.88 Å². The Hall–Kier alpha value is -2.06. The molecule has 0 bridgehead atoms. The summed E-state index contributed by atoms with van der Waals surface area (Å²) in [6.45, 7) is 10.1. The van der Waals surface area contributed by atoms with Gasteiger partial charge >= 0.3 is 7.12 Å². The minimum atomic E-state index is -0.440. The van der Waals surface area contributed by atoms with E-state index < -0.39 is 18.3 Å². The average Bonchev–Trinajstić information content (AvgIpc) is 3.21. The standard InChI is InChI=1S/C22H29BN5O3P/c1-21(2)22(3,4)31-23(30-21)14-7-8-18-16(10-14)20(27-28(18)32)17-12-25-13-19(26-17)29-15-6-5-9-24-11-15/h7-8,10,12-13,15,24H,5-6,9,11,32H2,1-4H3. The third-order valence-corrected chi connectivity index (χ3v) is 7.04. The van der Waals surface area contributed by atoms with Crippen LogP contribution in [0.15, 0.2) is 30.6 Å². The van der Waals surface area contributed by atoms with E-state index in [1.165, 1.54) is 0 Å². The predicted octanol–water partition coefficient (Wildman–Crippen LogP) is 2.56. The van der Waals surface area contributed by atoms with Gasteiger partial charge in [-0.05, 0) is 68.0 Å². The maximum Gasteiger partial charge on any atom is 0.494 e. The molecule has 2 aromatic heterocycles. The molecule has 4 heterocycles. The van der Waals surface area contributed by atoms with Crippen LogP contribution in [0.4, 0.5) is 0 Å². The molecule has 2 aliphatic heterocycles. The molecular weight excluding hydrogens is 424 g/mol. The molecule has 32 heavy (non-hydrogen) atoms. The topological polar surface area (TPSA) is 83.3 Å². The van der Waals surface area contributed by atoms with Crippen molar-refractivity contribution in [3.8, 4) is 17.3 Å². The molecule has 0 aliphatic carbocycles. The minimum Gasteiger partial charge on any atom is -0.472 e. The van der Waals surface area contributed by atoms with Crippen molar-refractivity contribution in [2.24, 2.45) is 0 Å². The van der Waals surface area contributed by atoms with E-state index in [9.17, 15) is 0 Å². The van der Waals surface area contributed by atoms with Crippen LogP contribution < -0.4 is 15.5 Å². The van der Waals surface area contributed by atoms with Gasteiger partial charge in [0.1, 0.15) is 17.5 Å². The Balaban J connectivity index is 1.48. The number of piperidine rings is 1. The number of hydrogen-bond acceptors (Lipinski definition) is 7. The molecule has 0 spiro atoms. The van der Waals surface area contributed by atoms with E-state index in [0.29, 0.717) is 11.6 Å². The number of aromatic nitrogens is 4. The van der Waals surface area contributed by atoms with E-state index in [1.54, 1.807) is 16.8 Å². The number of ether oxygens (including phenoxy) is 1. The van der Waals surface area contributed by atoms with Crippen LogP contribution >= 0.6 is 9.39 Å². The molecule has 0 saturated carbocycles. The zero-order chi connectivity index (χ0) is 22.5. The first-order valence-electron chi connectivity index (χ1n) is 11.1. The SMILES string of the molecule is CC1(C)OB(c2ccc3c(c2)c(-c2cncc(OC4CCCNC4)n2)nn3P)OC1(C)C. The molecule has 1 N–H and O–H groups in total. The summed E-state index contributed by atoms with van der Waals surface area (Å²) >= 11 is 0. The molecule has 3 aromatic rings. The number of nitrogens with zero attached hydrogens (tertiary/aromatic N) is 4. The summed E-state index contributed by atoms with van der Waals surface area (Å²) in [5.41, 5.74) is 2.53. The maximum atomic E-state index is 6.25. The molecule has 0 radical (unpaired) electrons. The smallest absolute Gasteiger partial charge is 0.472 e. The first-order valence-corrected chi connectivity index (χ1v) is 11.6. The Bertz CT molecular complexity index is 1130. The fourth-order valence-electron chi connectivity index (χ4n) is 4.08. The number of nitrogens with one attached hydrogen (secondary N) is 1. The molecule has 2 aliphatic rings. The molecule has 10 heteroatoms. The second-order valence-corrected chi connectivity index (χ2v) is 9.98. The van der Waals surface area contributed by atoms with Crippen LogP contribution in [-0.4, -0.2) is 57.0 Å². The number of rotatable bonds is 4. The van der Waals surface area contributed by atoms with Gasteiger partial charge in [-0.15, -0.1) is 0 Å². The molecular formula is C22H29BN5O3P. The number of fused-ring (bicyclic) bond motifs is 1. The lowest BCUT2D eigenvalue weighted by Gasteiger charge is -2.32. The van der Waals surface area contributed by atoms with Gasteiger partial charge in [0, 0.05) is 11.9 Å². The average molecular weight is 453 g/mol. The van der Waals surface area contributed by atoms with Crippen LogP contribution in [-0.2, 0) is 9.31 Å². The van der Waals surface area contributed by atoms with Crippen molar-refractivity contribution in [2.75, 3.05) is 13.1 Å². The first kappa shape index (κ1) is 21.8. The van der Waals surface area contributed by atoms with Crippen molar-refractivity contribution in [2.45, 2.75) is 57.8 Å². The Kier molecular flexibility index (Phi) is 5.49. The summed E-state index contributed by atoms with van der Waals surface area (Å²) in [7, 11) is 2.19. The van der Waals surface area contributed by atoms with Crippen LogP contribution in [0.25, 0.3) is 22.3 Å². The van der Waals surface area contributed by atoms with Gasteiger partial charge < -0.3 is 19.4 Å². The summed E-state index contributed by atoms with van der Waals surface area (Å²) in [5, 5.41) is 9.01. The van der Waals surface area contributed by atoms with E-state index in [0.717, 1.165) is 48.0 Å². The third-order valence-electron chi connectivity index (χ3n) is 6.65. The van der Waals surface area contributed by atoms with Crippen molar-refractivity contribution in [1.29, 1.82) is 0 Å². The highest BCUT2D eigenvalue weighted by molar-refractivity contribution is 7.14. The van der Waals surface area contributed by atoms with Crippen molar-refractivity contribution < 1.29 is 14.0 Å². The molecule has 2 fully saturated rings. The zero-order valence-corrected chi connectivity index (χ0v) is 20.1. The van der Waals surface area contributed by atoms with Crippen molar-refractivity contribution in [3.63, 3.8) is 0 Å². The monoisotopic (exact) mass is 453 g/mol. The second kappa shape index (κ2) is 8.06. The summed E-state index contributed by atoms with van der Waals surface area (Å²) < 4.78 is 20.3. The van der Waals surface area contributed by atoms with Gasteiger partial charge in [0.05, 0.1) is 29.1 Å². The van der Waals surface area contributed by atoms with E-state index in [4.69, 9.17) is 24.1 Å². The predicted molar refractivity (Wildman–Crippen MR) is 128 cm³/mol. The van der Waals surface area contributed by atoms with E-state index in [-0.39, 0.29) is 6.10 Å². The van der Waals surface area contributed by atoms with Gasteiger partial charge in [0.25, 0.3) is 0 Å². The van der Waals surface area contributed by atoms with Gasteiger partial charge in [-0.3, -0.25) is 4.98 Å². The van der Waals surface area contributed by atoms with Gasteiger partial charge in [0.15, 0.2) is 0 Å². The first-order chi connectivity index (χ1) is 15.2. The van der Waals surface area contributed by atoms with Crippen LogP contribution in [0, 0.1) is 0 Å². The molecule has 8 nitrogen and oxygen atoms in total. The lowest BCUT2D eigenvalue weighted by Crippen LogP contribution is -2.41. The number of benzene rings is 1. The highest BCUT2D eigenvalue weighted by Gasteiger charge is 2.51. The van der Waals surface area contributed by atoms with Gasteiger partial charge in [-0.2, -0.15) is 5.10 Å². The molecule has 2 unspecified atom stereocenters. The van der Waals surface area contributed by atoms with E-state index >= 15 is 0 Å². The Morgan fingerprint density at radius 1 is 1.19 bits per heavy atom. The molecule has 1 aromatic carbocycles. The largest absolute Gasteiger partial charge is 0.494 e. The highest BCUT2D eigenvalue weighted by atomic mass is 31.0. The summed E-state index contributed by atoms with van der Waals surface area (Å²) in [6.07, 6.45) is 5.61. The van der Waals surface area contributed by atoms with Crippen LogP contribution in [0.1, 0.15) is 40.5 Å². The van der Waals surface area contributed by atoms with Crippen molar-refractivity contribution in [3.05, 3.63) is 30.6 Å². The van der Waals surface area contributed by atoms with Crippen LogP contribution in [0.3, 0.4) is 0 Å². The summed E-state index contributed by atoms with van der Waals surface area (Å²) in [6, 6.07) is 6.12. The lowest BCUT2D eigenvalue weighted by molar-refractivity contribution is 0.00578. The normalized spacial score (nSPS) is 22.4.